The fraction of sp³-hybridized carbons (Fsp3) is 0.250. The molecule has 2 atom stereocenters. The Labute approximate surface area is 189 Å². The van der Waals surface area contributed by atoms with Gasteiger partial charge >= 0.3 is 12.1 Å². The second-order valence-corrected chi connectivity index (χ2v) is 8.63. The van der Waals surface area contributed by atoms with Crippen LogP contribution >= 0.6 is 11.6 Å². The Morgan fingerprint density at radius 3 is 2.84 bits per heavy atom. The smallest absolute Gasteiger partial charge is 0.331 e. The second-order valence-electron chi connectivity index (χ2n) is 8.20. The van der Waals surface area contributed by atoms with Crippen LogP contribution in [0.5, 0.6) is 0 Å². The zero-order chi connectivity index (χ0) is 22.5. The summed E-state index contributed by atoms with van der Waals surface area (Å²) >= 11 is 6.17. The predicted molar refractivity (Wildman–Crippen MR) is 120 cm³/mol. The summed E-state index contributed by atoms with van der Waals surface area (Å²) in [5.41, 5.74) is 0.647. The summed E-state index contributed by atoms with van der Waals surface area (Å²) in [6.45, 7) is 1.86. The third-order valence-electron chi connectivity index (χ3n) is 6.35. The first-order valence-corrected chi connectivity index (χ1v) is 10.9. The number of imide groups is 2. The maximum atomic E-state index is 13.4. The number of halogens is 1. The number of aromatic nitrogens is 1. The molecule has 0 bridgehead atoms. The molecule has 0 saturated carbocycles. The van der Waals surface area contributed by atoms with E-state index in [-0.39, 0.29) is 0 Å². The van der Waals surface area contributed by atoms with Crippen LogP contribution in [0.15, 0.2) is 54.7 Å². The van der Waals surface area contributed by atoms with Crippen molar-refractivity contribution in [2.75, 3.05) is 0 Å². The van der Waals surface area contributed by atoms with E-state index in [1.54, 1.807) is 6.07 Å². The number of fused-ring (bicyclic) bond motifs is 3. The van der Waals surface area contributed by atoms with E-state index in [1.165, 1.54) is 6.20 Å². The molecule has 1 aliphatic carbocycles. The van der Waals surface area contributed by atoms with E-state index in [2.05, 4.69) is 15.6 Å². The molecule has 1 aromatic heterocycles. The molecule has 0 radical (unpaired) electrons. The topological polar surface area (TPSA) is 91.4 Å². The lowest BCUT2D eigenvalue weighted by molar-refractivity contribution is -0.127. The van der Waals surface area contributed by atoms with E-state index < -0.39 is 29.6 Å². The van der Waals surface area contributed by atoms with Crippen molar-refractivity contribution in [3.8, 4) is 0 Å². The van der Waals surface area contributed by atoms with Crippen LogP contribution in [0.1, 0.15) is 42.6 Å². The van der Waals surface area contributed by atoms with Crippen molar-refractivity contribution in [1.82, 2.24) is 20.5 Å². The highest BCUT2D eigenvalue weighted by molar-refractivity contribution is 6.30. The van der Waals surface area contributed by atoms with E-state index in [0.717, 1.165) is 21.2 Å². The number of hydrogen-bond acceptors (Lipinski definition) is 4. The summed E-state index contributed by atoms with van der Waals surface area (Å²) in [6, 6.07) is 13.6. The average Bonchev–Trinajstić information content (AvgIpc) is 3.03. The van der Waals surface area contributed by atoms with Crippen LogP contribution in [0.25, 0.3) is 10.8 Å². The summed E-state index contributed by atoms with van der Waals surface area (Å²) in [7, 11) is 0. The number of nitrogens with one attached hydrogen (secondary N) is 2. The van der Waals surface area contributed by atoms with Crippen molar-refractivity contribution >= 4 is 40.3 Å². The first kappa shape index (κ1) is 20.5. The molecule has 1 saturated heterocycles. The number of hydrogen-bond donors (Lipinski definition) is 2. The number of urea groups is 2. The predicted octanol–water partition coefficient (Wildman–Crippen LogP) is 4.44. The fourth-order valence-corrected chi connectivity index (χ4v) is 5.05. The number of amides is 5. The Balaban J connectivity index is 1.52. The van der Waals surface area contributed by atoms with Crippen LogP contribution < -0.4 is 10.6 Å². The van der Waals surface area contributed by atoms with Gasteiger partial charge in [-0.05, 0) is 48.6 Å². The van der Waals surface area contributed by atoms with E-state index in [0.29, 0.717) is 35.5 Å². The zero-order valence-corrected chi connectivity index (χ0v) is 18.1. The van der Waals surface area contributed by atoms with Crippen molar-refractivity contribution < 1.29 is 14.4 Å². The molecule has 162 valence electrons. The van der Waals surface area contributed by atoms with E-state index in [4.69, 9.17) is 11.6 Å². The van der Waals surface area contributed by atoms with E-state index in [9.17, 15) is 14.4 Å². The van der Waals surface area contributed by atoms with Gasteiger partial charge in [-0.25, -0.2) is 14.5 Å². The van der Waals surface area contributed by atoms with E-state index >= 15 is 0 Å². The van der Waals surface area contributed by atoms with Crippen LogP contribution in [-0.2, 0) is 16.8 Å². The number of carbonyl (C=O) groups excluding carboxylic acids is 3. The first-order valence-electron chi connectivity index (χ1n) is 10.5. The Hall–Kier alpha value is -3.45. The van der Waals surface area contributed by atoms with Crippen LogP contribution in [-0.4, -0.2) is 27.9 Å². The van der Waals surface area contributed by atoms with E-state index in [1.807, 2.05) is 49.4 Å². The molecule has 3 aromatic rings. The molecule has 1 fully saturated rings. The second kappa shape index (κ2) is 7.60. The number of rotatable bonds is 2. The number of nitrogens with zero attached hydrogens (tertiary/aromatic N) is 2. The highest BCUT2D eigenvalue weighted by Gasteiger charge is 2.59. The molecule has 2 aliphatic rings. The van der Waals surface area contributed by atoms with Crippen molar-refractivity contribution in [3.63, 3.8) is 0 Å². The monoisotopic (exact) mass is 448 g/mol. The summed E-state index contributed by atoms with van der Waals surface area (Å²) in [6.07, 6.45) is 3.10. The number of pyridine rings is 1. The molecular formula is C24H21ClN4O3. The van der Waals surface area contributed by atoms with Gasteiger partial charge in [0.25, 0.3) is 5.91 Å². The van der Waals surface area contributed by atoms with Gasteiger partial charge in [0.2, 0.25) is 0 Å². The molecule has 32 heavy (non-hydrogen) atoms. The van der Waals surface area contributed by atoms with Crippen molar-refractivity contribution in [3.05, 3.63) is 76.6 Å². The van der Waals surface area contributed by atoms with Crippen molar-refractivity contribution in [1.29, 1.82) is 0 Å². The van der Waals surface area contributed by atoms with Crippen molar-refractivity contribution in [2.24, 2.45) is 0 Å². The molecule has 0 unspecified atom stereocenters. The van der Waals surface area contributed by atoms with Gasteiger partial charge in [-0.2, -0.15) is 0 Å². The highest BCUT2D eigenvalue weighted by atomic mass is 35.5. The lowest BCUT2D eigenvalue weighted by atomic mass is 9.77. The standard InChI is InChI=1S/C24H21ClN4O3/c1-14(17-9-4-7-15-6-2-3-8-18(15)17)27-22(31)29-23(32)28-21(30)24(29)11-5-10-20-19(24)12-16(25)13-26-20/h2-4,6-9,12-14H,5,10-11H2,1H3,(H,27,31)(H,28,30,32)/t14-,24+/m0/s1. The number of benzene rings is 2. The van der Waals surface area contributed by atoms with Gasteiger partial charge in [0.05, 0.1) is 11.1 Å². The zero-order valence-electron chi connectivity index (χ0n) is 17.4. The minimum absolute atomic E-state index is 0.315. The third kappa shape index (κ3) is 3.04. The molecule has 2 aromatic carbocycles. The normalized spacial score (nSPS) is 20.9. The lowest BCUT2D eigenvalue weighted by Gasteiger charge is -2.38. The van der Waals surface area contributed by atoms with Crippen LogP contribution in [0.4, 0.5) is 9.59 Å². The number of carbonyl (C=O) groups is 3. The molecular weight excluding hydrogens is 428 g/mol. The molecule has 5 rings (SSSR count). The molecule has 2 heterocycles. The van der Waals surface area contributed by atoms with Gasteiger partial charge in [-0.3, -0.25) is 15.1 Å². The average molecular weight is 449 g/mol. The largest absolute Gasteiger partial charge is 0.333 e. The SMILES string of the molecule is C[C@H](NC(=O)N1C(=O)NC(=O)[C@]12CCCc1ncc(Cl)cc12)c1cccc2ccccc12. The minimum Gasteiger partial charge on any atom is -0.331 e. The summed E-state index contributed by atoms with van der Waals surface area (Å²) < 4.78 is 0. The van der Waals surface area contributed by atoms with Gasteiger partial charge < -0.3 is 5.32 Å². The quantitative estimate of drug-likeness (QED) is 0.567. The summed E-state index contributed by atoms with van der Waals surface area (Å²) in [5, 5.41) is 7.66. The van der Waals surface area contributed by atoms with Crippen LogP contribution in [0.3, 0.4) is 0 Å². The summed E-state index contributed by atoms with van der Waals surface area (Å²) in [5.74, 6) is -0.527. The Morgan fingerprint density at radius 2 is 2.00 bits per heavy atom. The molecule has 1 spiro atoms. The highest BCUT2D eigenvalue weighted by Crippen LogP contribution is 2.43. The molecule has 7 nitrogen and oxygen atoms in total. The molecule has 8 heteroatoms. The summed E-state index contributed by atoms with van der Waals surface area (Å²) in [4.78, 5) is 44.7. The van der Waals surface area contributed by atoms with Gasteiger partial charge in [0.15, 0.2) is 5.54 Å². The van der Waals surface area contributed by atoms with Crippen LogP contribution in [0, 0.1) is 0 Å². The molecule has 1 aliphatic heterocycles. The van der Waals surface area contributed by atoms with Crippen LogP contribution in [0.2, 0.25) is 5.02 Å². The minimum atomic E-state index is -1.45. The van der Waals surface area contributed by atoms with Gasteiger partial charge in [0.1, 0.15) is 0 Å². The first-order chi connectivity index (χ1) is 15.4. The molecule has 5 amide bonds. The Bertz CT molecular complexity index is 1270. The number of aryl methyl sites for hydroxylation is 1. The lowest BCUT2D eigenvalue weighted by Crippen LogP contribution is -2.55. The third-order valence-corrected chi connectivity index (χ3v) is 6.56. The Morgan fingerprint density at radius 1 is 1.22 bits per heavy atom. The van der Waals surface area contributed by atoms with Crippen molar-refractivity contribution in [2.45, 2.75) is 37.8 Å². The maximum absolute atomic E-state index is 13.4. The van der Waals surface area contributed by atoms with Gasteiger partial charge in [-0.15, -0.1) is 0 Å². The fourth-order valence-electron chi connectivity index (χ4n) is 4.89. The Kier molecular flexibility index (Phi) is 4.86. The van der Waals surface area contributed by atoms with Gasteiger partial charge in [-0.1, -0.05) is 54.1 Å². The van der Waals surface area contributed by atoms with Gasteiger partial charge in [0, 0.05) is 17.5 Å². The maximum Gasteiger partial charge on any atom is 0.333 e. The molecule has 2 N–H and O–H groups in total.